The summed E-state index contributed by atoms with van der Waals surface area (Å²) in [5, 5.41) is 9.69. The first-order valence-corrected chi connectivity index (χ1v) is 8.16. The van der Waals surface area contributed by atoms with Crippen LogP contribution >= 0.6 is 0 Å². The Balaban J connectivity index is 2.09. The van der Waals surface area contributed by atoms with Gasteiger partial charge in [0.15, 0.2) is 0 Å². The Morgan fingerprint density at radius 3 is 2.55 bits per heavy atom. The molecule has 1 atom stereocenters. The zero-order valence-corrected chi connectivity index (χ0v) is 13.5. The lowest BCUT2D eigenvalue weighted by Gasteiger charge is -2.34. The smallest absolute Gasteiger partial charge is 0.118 e. The number of nitrogens with zero attached hydrogens (tertiary/aromatic N) is 2. The van der Waals surface area contributed by atoms with Gasteiger partial charge in [-0.1, -0.05) is 37.5 Å². The maximum absolute atomic E-state index is 9.69. The van der Waals surface area contributed by atoms with Gasteiger partial charge in [0.1, 0.15) is 11.8 Å². The average Bonchev–Trinajstić information content (AvgIpc) is 2.57. The highest BCUT2D eigenvalue weighted by Crippen LogP contribution is 2.29. The van der Waals surface area contributed by atoms with E-state index < -0.39 is 0 Å². The van der Waals surface area contributed by atoms with Crippen LogP contribution in [0.3, 0.4) is 0 Å². The maximum Gasteiger partial charge on any atom is 0.118 e. The minimum Gasteiger partial charge on any atom is -0.497 e. The predicted octanol–water partition coefficient (Wildman–Crippen LogP) is 4.16. The van der Waals surface area contributed by atoms with E-state index in [1.54, 1.807) is 7.11 Å². The van der Waals surface area contributed by atoms with Gasteiger partial charge in [0, 0.05) is 13.1 Å². The zero-order valence-electron chi connectivity index (χ0n) is 13.5. The Morgan fingerprint density at radius 1 is 1.32 bits per heavy atom. The molecule has 1 unspecified atom stereocenters. The number of methoxy groups -OCH3 is 1. The quantitative estimate of drug-likeness (QED) is 0.709. The van der Waals surface area contributed by atoms with Gasteiger partial charge in [0.25, 0.3) is 0 Å². The summed E-state index contributed by atoms with van der Waals surface area (Å²) in [6, 6.07) is 10.6. The lowest BCUT2D eigenvalue weighted by molar-refractivity contribution is 0.161. The molecular weight excluding hydrogens is 272 g/mol. The molecule has 1 aromatic carbocycles. The molecule has 0 aromatic heterocycles. The molecule has 118 valence electrons. The van der Waals surface area contributed by atoms with Gasteiger partial charge >= 0.3 is 0 Å². The van der Waals surface area contributed by atoms with Crippen LogP contribution in [-0.2, 0) is 6.54 Å². The highest BCUT2D eigenvalue weighted by molar-refractivity contribution is 5.27. The first-order valence-electron chi connectivity index (χ1n) is 8.16. The Hall–Kier alpha value is -1.79. The van der Waals surface area contributed by atoms with Crippen molar-refractivity contribution in [2.45, 2.75) is 44.7 Å². The molecule has 0 radical (unpaired) electrons. The van der Waals surface area contributed by atoms with Crippen LogP contribution in [0.4, 0.5) is 0 Å². The summed E-state index contributed by atoms with van der Waals surface area (Å²) in [5.74, 6) is 1.36. The van der Waals surface area contributed by atoms with E-state index in [0.29, 0.717) is 5.92 Å². The molecule has 3 nitrogen and oxygen atoms in total. The standard InChI is InChI=1S/C19H26N2O/c1-3-13-21(15-16-9-11-18(22-2)12-10-16)19(14-20)17-7-5-4-6-8-17/h3,9-12,17,19H,1,4-8,13,15H2,2H3. The summed E-state index contributed by atoms with van der Waals surface area (Å²) in [4.78, 5) is 2.25. The highest BCUT2D eigenvalue weighted by atomic mass is 16.5. The molecule has 0 amide bonds. The number of hydrogen-bond donors (Lipinski definition) is 0. The van der Waals surface area contributed by atoms with Gasteiger partial charge in [0.2, 0.25) is 0 Å². The third-order valence-corrected chi connectivity index (χ3v) is 4.53. The van der Waals surface area contributed by atoms with Crippen molar-refractivity contribution in [1.82, 2.24) is 4.90 Å². The summed E-state index contributed by atoms with van der Waals surface area (Å²) in [7, 11) is 1.67. The third-order valence-electron chi connectivity index (χ3n) is 4.53. The number of benzene rings is 1. The fourth-order valence-corrected chi connectivity index (χ4v) is 3.34. The fraction of sp³-hybridized carbons (Fsp3) is 0.526. The molecule has 0 saturated heterocycles. The van der Waals surface area contributed by atoms with Crippen LogP contribution in [0.5, 0.6) is 5.75 Å². The molecule has 2 rings (SSSR count). The molecule has 0 heterocycles. The molecular formula is C19H26N2O. The maximum atomic E-state index is 9.69. The second-order valence-corrected chi connectivity index (χ2v) is 6.04. The summed E-state index contributed by atoms with van der Waals surface area (Å²) >= 11 is 0. The Kier molecular flexibility index (Phi) is 6.48. The predicted molar refractivity (Wildman–Crippen MR) is 89.6 cm³/mol. The second-order valence-electron chi connectivity index (χ2n) is 6.04. The van der Waals surface area contributed by atoms with Gasteiger partial charge < -0.3 is 4.74 Å². The van der Waals surface area contributed by atoms with Crippen LogP contribution in [0.25, 0.3) is 0 Å². The summed E-state index contributed by atoms with van der Waals surface area (Å²) < 4.78 is 5.20. The van der Waals surface area contributed by atoms with E-state index in [-0.39, 0.29) is 6.04 Å². The van der Waals surface area contributed by atoms with Crippen molar-refractivity contribution < 1.29 is 4.74 Å². The van der Waals surface area contributed by atoms with Crippen molar-refractivity contribution in [2.24, 2.45) is 5.92 Å². The minimum atomic E-state index is -0.0135. The number of nitriles is 1. The van der Waals surface area contributed by atoms with E-state index in [4.69, 9.17) is 4.74 Å². The summed E-state index contributed by atoms with van der Waals surface area (Å²) in [6.07, 6.45) is 8.08. The first kappa shape index (κ1) is 16.6. The SMILES string of the molecule is C=CCN(Cc1ccc(OC)cc1)C(C#N)C1CCCCC1. The number of hydrogen-bond acceptors (Lipinski definition) is 3. The third kappa shape index (κ3) is 4.35. The van der Waals surface area contributed by atoms with Crippen LogP contribution in [0.1, 0.15) is 37.7 Å². The lowest BCUT2D eigenvalue weighted by atomic mass is 9.83. The largest absolute Gasteiger partial charge is 0.497 e. The van der Waals surface area contributed by atoms with E-state index in [0.717, 1.165) is 18.8 Å². The Labute approximate surface area is 134 Å². The first-order chi connectivity index (χ1) is 10.8. The van der Waals surface area contributed by atoms with Gasteiger partial charge in [-0.25, -0.2) is 0 Å². The molecule has 22 heavy (non-hydrogen) atoms. The fourth-order valence-electron chi connectivity index (χ4n) is 3.34. The number of ether oxygens (including phenoxy) is 1. The van der Waals surface area contributed by atoms with Crippen LogP contribution in [0.2, 0.25) is 0 Å². The van der Waals surface area contributed by atoms with Crippen molar-refractivity contribution in [2.75, 3.05) is 13.7 Å². The monoisotopic (exact) mass is 298 g/mol. The van der Waals surface area contributed by atoms with E-state index in [2.05, 4.69) is 29.7 Å². The second kappa shape index (κ2) is 8.60. The molecule has 1 fully saturated rings. The summed E-state index contributed by atoms with van der Waals surface area (Å²) in [5.41, 5.74) is 1.21. The molecule has 1 aliphatic rings. The molecule has 0 aliphatic heterocycles. The Bertz CT molecular complexity index is 497. The average molecular weight is 298 g/mol. The van der Waals surface area contributed by atoms with E-state index in [1.807, 2.05) is 18.2 Å². The molecule has 0 N–H and O–H groups in total. The topological polar surface area (TPSA) is 36.3 Å². The van der Waals surface area contributed by atoms with Crippen molar-refractivity contribution in [3.63, 3.8) is 0 Å². The van der Waals surface area contributed by atoms with Crippen LogP contribution < -0.4 is 4.74 Å². The van der Waals surface area contributed by atoms with E-state index >= 15 is 0 Å². The van der Waals surface area contributed by atoms with Crippen LogP contribution in [0, 0.1) is 17.2 Å². The molecule has 0 bridgehead atoms. The van der Waals surface area contributed by atoms with Gasteiger partial charge in [-0.3, -0.25) is 4.90 Å². The molecule has 1 aromatic rings. The molecule has 3 heteroatoms. The zero-order chi connectivity index (χ0) is 15.8. The van der Waals surface area contributed by atoms with Gasteiger partial charge in [-0.05, 0) is 36.5 Å². The number of rotatable bonds is 7. The van der Waals surface area contributed by atoms with Crippen molar-refractivity contribution in [1.29, 1.82) is 5.26 Å². The van der Waals surface area contributed by atoms with E-state index in [9.17, 15) is 5.26 Å². The van der Waals surface area contributed by atoms with E-state index in [1.165, 1.54) is 37.7 Å². The van der Waals surface area contributed by atoms with Crippen molar-refractivity contribution >= 4 is 0 Å². The lowest BCUT2D eigenvalue weighted by Crippen LogP contribution is -2.40. The van der Waals surface area contributed by atoms with Gasteiger partial charge in [-0.15, -0.1) is 6.58 Å². The van der Waals surface area contributed by atoms with Crippen LogP contribution in [-0.4, -0.2) is 24.6 Å². The Morgan fingerprint density at radius 2 is 2.00 bits per heavy atom. The normalized spacial score (nSPS) is 17.0. The molecule has 1 saturated carbocycles. The minimum absolute atomic E-state index is 0.0135. The summed E-state index contributed by atoms with van der Waals surface area (Å²) in [6.45, 7) is 5.39. The van der Waals surface area contributed by atoms with Crippen molar-refractivity contribution in [3.8, 4) is 11.8 Å². The molecule has 0 spiro atoms. The van der Waals surface area contributed by atoms with Gasteiger partial charge in [-0.2, -0.15) is 5.26 Å². The van der Waals surface area contributed by atoms with Gasteiger partial charge in [0.05, 0.1) is 13.2 Å². The van der Waals surface area contributed by atoms with Crippen LogP contribution in [0.15, 0.2) is 36.9 Å². The highest BCUT2D eigenvalue weighted by Gasteiger charge is 2.28. The molecule has 1 aliphatic carbocycles. The van der Waals surface area contributed by atoms with Crippen molar-refractivity contribution in [3.05, 3.63) is 42.5 Å².